The molecule has 1 amide bonds. The quantitative estimate of drug-likeness (QED) is 0.697. The van der Waals surface area contributed by atoms with E-state index in [1.807, 2.05) is 43.1 Å². The summed E-state index contributed by atoms with van der Waals surface area (Å²) in [6.45, 7) is 2.64. The van der Waals surface area contributed by atoms with Crippen molar-refractivity contribution in [2.75, 3.05) is 17.3 Å². The Morgan fingerprint density at radius 2 is 1.88 bits per heavy atom. The predicted molar refractivity (Wildman–Crippen MR) is 107 cm³/mol. The third-order valence-electron chi connectivity index (χ3n) is 4.11. The number of aryl methyl sites for hydroxylation is 1. The van der Waals surface area contributed by atoms with Gasteiger partial charge in [-0.05, 0) is 42.3 Å². The Morgan fingerprint density at radius 3 is 2.65 bits per heavy atom. The molecule has 1 aromatic heterocycles. The van der Waals surface area contributed by atoms with E-state index < -0.39 is 0 Å². The normalized spacial score (nSPS) is 10.4. The number of hydrogen-bond donors (Lipinski definition) is 1. The first-order valence-corrected chi connectivity index (χ1v) is 8.69. The first-order valence-electron chi connectivity index (χ1n) is 8.31. The summed E-state index contributed by atoms with van der Waals surface area (Å²) in [6, 6.07) is 19.1. The number of anilines is 2. The summed E-state index contributed by atoms with van der Waals surface area (Å²) in [5.41, 5.74) is 3.40. The van der Waals surface area contributed by atoms with Crippen LogP contribution in [0.3, 0.4) is 0 Å². The van der Waals surface area contributed by atoms with Gasteiger partial charge in [0.25, 0.3) is 5.91 Å². The second kappa shape index (κ2) is 8.02. The average molecular weight is 366 g/mol. The molecule has 0 radical (unpaired) electrons. The van der Waals surface area contributed by atoms with Crippen LogP contribution in [0.5, 0.6) is 0 Å². The molecule has 2 aromatic carbocycles. The van der Waals surface area contributed by atoms with E-state index in [4.69, 9.17) is 11.6 Å². The number of amides is 1. The molecule has 0 saturated heterocycles. The molecule has 1 N–H and O–H groups in total. The minimum absolute atomic E-state index is 0.188. The third kappa shape index (κ3) is 4.41. The molecular formula is C21H20ClN3O. The van der Waals surface area contributed by atoms with E-state index in [0.29, 0.717) is 22.8 Å². The van der Waals surface area contributed by atoms with Crippen LogP contribution < -0.4 is 10.2 Å². The molecule has 1 heterocycles. The minimum atomic E-state index is -0.188. The Hall–Kier alpha value is -2.85. The van der Waals surface area contributed by atoms with Gasteiger partial charge in [-0.3, -0.25) is 4.79 Å². The molecule has 4 nitrogen and oxygen atoms in total. The molecule has 0 bridgehead atoms. The maximum atomic E-state index is 12.6. The summed E-state index contributed by atoms with van der Waals surface area (Å²) in [7, 11) is 1.96. The van der Waals surface area contributed by atoms with Gasteiger partial charge in [-0.25, -0.2) is 4.98 Å². The lowest BCUT2D eigenvalue weighted by Gasteiger charge is -2.19. The zero-order valence-electron chi connectivity index (χ0n) is 14.7. The first-order chi connectivity index (χ1) is 12.5. The maximum Gasteiger partial charge on any atom is 0.255 e. The Morgan fingerprint density at radius 1 is 1.12 bits per heavy atom. The molecule has 132 valence electrons. The number of pyridine rings is 1. The second-order valence-corrected chi connectivity index (χ2v) is 6.59. The highest BCUT2D eigenvalue weighted by atomic mass is 35.5. The maximum absolute atomic E-state index is 12.6. The number of nitrogens with zero attached hydrogens (tertiary/aromatic N) is 2. The van der Waals surface area contributed by atoms with E-state index in [2.05, 4.69) is 22.4 Å². The lowest BCUT2D eigenvalue weighted by molar-refractivity contribution is 0.102. The molecule has 0 saturated carbocycles. The van der Waals surface area contributed by atoms with Crippen LogP contribution in [0, 0.1) is 6.92 Å². The number of aromatic nitrogens is 1. The van der Waals surface area contributed by atoms with E-state index in [9.17, 15) is 4.79 Å². The van der Waals surface area contributed by atoms with Crippen molar-refractivity contribution >= 4 is 29.0 Å². The van der Waals surface area contributed by atoms with Crippen LogP contribution in [0.2, 0.25) is 5.02 Å². The van der Waals surface area contributed by atoms with Crippen LogP contribution in [0.1, 0.15) is 21.5 Å². The number of carbonyl (C=O) groups is 1. The van der Waals surface area contributed by atoms with Crippen molar-refractivity contribution < 1.29 is 4.79 Å². The number of benzene rings is 2. The van der Waals surface area contributed by atoms with E-state index in [1.165, 1.54) is 5.56 Å². The molecule has 5 heteroatoms. The largest absolute Gasteiger partial charge is 0.355 e. The number of nitrogens with one attached hydrogen (secondary N) is 1. The smallest absolute Gasteiger partial charge is 0.255 e. The van der Waals surface area contributed by atoms with Crippen LogP contribution >= 0.6 is 11.6 Å². The van der Waals surface area contributed by atoms with Crippen LogP contribution in [-0.2, 0) is 6.54 Å². The molecule has 0 atom stereocenters. The van der Waals surface area contributed by atoms with Gasteiger partial charge in [-0.1, -0.05) is 48.0 Å². The summed E-state index contributed by atoms with van der Waals surface area (Å²) in [5.74, 6) is 0.552. The molecule has 0 unspecified atom stereocenters. The average Bonchev–Trinajstić information content (AvgIpc) is 2.65. The van der Waals surface area contributed by atoms with E-state index in [1.54, 1.807) is 30.5 Å². The molecule has 26 heavy (non-hydrogen) atoms. The monoisotopic (exact) mass is 365 g/mol. The van der Waals surface area contributed by atoms with Crippen molar-refractivity contribution in [3.05, 3.63) is 88.6 Å². The van der Waals surface area contributed by atoms with Crippen molar-refractivity contribution in [3.8, 4) is 0 Å². The molecule has 3 aromatic rings. The molecule has 0 fully saturated rings. The molecule has 0 spiro atoms. The van der Waals surface area contributed by atoms with Gasteiger partial charge in [0.05, 0.1) is 0 Å². The molecule has 0 aliphatic rings. The molecule has 0 aliphatic carbocycles. The first kappa shape index (κ1) is 18.0. The lowest BCUT2D eigenvalue weighted by atomic mass is 10.1. The van der Waals surface area contributed by atoms with Gasteiger partial charge in [0.2, 0.25) is 0 Å². The Balaban J connectivity index is 1.76. The Bertz CT molecular complexity index is 912. The molecule has 0 aliphatic heterocycles. The molecule has 3 rings (SSSR count). The van der Waals surface area contributed by atoms with Gasteiger partial charge >= 0.3 is 0 Å². The lowest BCUT2D eigenvalue weighted by Crippen LogP contribution is -2.19. The number of hydrogen-bond acceptors (Lipinski definition) is 3. The number of carbonyl (C=O) groups excluding carboxylic acids is 1. The van der Waals surface area contributed by atoms with E-state index in [-0.39, 0.29) is 5.91 Å². The van der Waals surface area contributed by atoms with Crippen LogP contribution in [0.4, 0.5) is 11.5 Å². The summed E-state index contributed by atoms with van der Waals surface area (Å²) >= 11 is 6.02. The third-order valence-corrected chi connectivity index (χ3v) is 4.34. The minimum Gasteiger partial charge on any atom is -0.355 e. The van der Waals surface area contributed by atoms with Gasteiger partial charge < -0.3 is 10.2 Å². The highest BCUT2D eigenvalue weighted by Crippen LogP contribution is 2.21. The summed E-state index contributed by atoms with van der Waals surface area (Å²) in [5, 5.41) is 3.50. The highest BCUT2D eigenvalue weighted by Gasteiger charge is 2.11. The van der Waals surface area contributed by atoms with Crippen molar-refractivity contribution in [2.24, 2.45) is 0 Å². The standard InChI is InChI=1S/C21H20ClN3O/c1-15-8-9-18(22)13-19(15)24-21(26)17-10-11-23-20(12-17)25(2)14-16-6-4-3-5-7-16/h3-13H,14H2,1-2H3,(H,24,26). The topological polar surface area (TPSA) is 45.2 Å². The fourth-order valence-corrected chi connectivity index (χ4v) is 2.80. The fraction of sp³-hybridized carbons (Fsp3) is 0.143. The van der Waals surface area contributed by atoms with Gasteiger partial charge in [0.15, 0.2) is 0 Å². The van der Waals surface area contributed by atoms with Crippen molar-refractivity contribution in [3.63, 3.8) is 0 Å². The number of rotatable bonds is 5. The fourth-order valence-electron chi connectivity index (χ4n) is 2.63. The zero-order valence-corrected chi connectivity index (χ0v) is 15.5. The van der Waals surface area contributed by atoms with E-state index >= 15 is 0 Å². The van der Waals surface area contributed by atoms with Crippen LogP contribution in [-0.4, -0.2) is 17.9 Å². The van der Waals surface area contributed by atoms with Crippen molar-refractivity contribution in [1.29, 1.82) is 0 Å². The van der Waals surface area contributed by atoms with Crippen molar-refractivity contribution in [2.45, 2.75) is 13.5 Å². The second-order valence-electron chi connectivity index (χ2n) is 6.16. The molecular weight excluding hydrogens is 346 g/mol. The zero-order chi connectivity index (χ0) is 18.5. The highest BCUT2D eigenvalue weighted by molar-refractivity contribution is 6.31. The van der Waals surface area contributed by atoms with Gasteiger partial charge in [-0.15, -0.1) is 0 Å². The van der Waals surface area contributed by atoms with Crippen LogP contribution in [0.25, 0.3) is 0 Å². The van der Waals surface area contributed by atoms with Gasteiger partial charge in [0, 0.05) is 36.1 Å². The predicted octanol–water partition coefficient (Wildman–Crippen LogP) is 4.93. The summed E-state index contributed by atoms with van der Waals surface area (Å²) in [4.78, 5) is 19.0. The van der Waals surface area contributed by atoms with E-state index in [0.717, 1.165) is 11.4 Å². The van der Waals surface area contributed by atoms with Crippen LogP contribution in [0.15, 0.2) is 66.9 Å². The van der Waals surface area contributed by atoms with Gasteiger partial charge in [0.1, 0.15) is 5.82 Å². The Labute approximate surface area is 158 Å². The Kier molecular flexibility index (Phi) is 5.54. The SMILES string of the molecule is Cc1ccc(Cl)cc1NC(=O)c1ccnc(N(C)Cc2ccccc2)c1. The van der Waals surface area contributed by atoms with Crippen molar-refractivity contribution in [1.82, 2.24) is 4.98 Å². The summed E-state index contributed by atoms with van der Waals surface area (Å²) < 4.78 is 0. The number of halogens is 1. The summed E-state index contributed by atoms with van der Waals surface area (Å²) in [6.07, 6.45) is 1.65. The van der Waals surface area contributed by atoms with Gasteiger partial charge in [-0.2, -0.15) is 0 Å².